The molecule has 7 heteroatoms. The third kappa shape index (κ3) is 1.89. The van der Waals surface area contributed by atoms with Crippen LogP contribution in [0.1, 0.15) is 19.3 Å². The maximum Gasteiger partial charge on any atom is 0.224 e. The molecule has 1 atom stereocenters. The summed E-state index contributed by atoms with van der Waals surface area (Å²) in [6, 6.07) is 0.649. The van der Waals surface area contributed by atoms with Crippen molar-refractivity contribution in [2.45, 2.75) is 25.3 Å². The van der Waals surface area contributed by atoms with E-state index in [0.29, 0.717) is 12.0 Å². The molecule has 2 aliphatic heterocycles. The lowest BCUT2D eigenvalue weighted by molar-refractivity contribution is 0.273. The SMILES string of the molecule is Nc1nc(N2CCCN3CCCC3C2)c2cn[nH]c2n1. The van der Waals surface area contributed by atoms with E-state index in [-0.39, 0.29) is 0 Å². The molecule has 2 fully saturated rings. The van der Waals surface area contributed by atoms with Gasteiger partial charge in [0.15, 0.2) is 5.65 Å². The van der Waals surface area contributed by atoms with Gasteiger partial charge in [0.2, 0.25) is 5.95 Å². The summed E-state index contributed by atoms with van der Waals surface area (Å²) in [5, 5.41) is 7.91. The largest absolute Gasteiger partial charge is 0.368 e. The minimum Gasteiger partial charge on any atom is -0.368 e. The van der Waals surface area contributed by atoms with Crippen LogP contribution in [0.2, 0.25) is 0 Å². The summed E-state index contributed by atoms with van der Waals surface area (Å²) in [5.41, 5.74) is 6.55. The van der Waals surface area contributed by atoms with Crippen molar-refractivity contribution >= 4 is 22.8 Å². The number of nitrogen functional groups attached to an aromatic ring is 1. The molecule has 0 spiro atoms. The number of fused-ring (bicyclic) bond motifs is 2. The second kappa shape index (κ2) is 4.59. The molecular formula is C13H19N7. The highest BCUT2D eigenvalue weighted by Gasteiger charge is 2.30. The van der Waals surface area contributed by atoms with Crippen LogP contribution >= 0.6 is 0 Å². The third-order valence-corrected chi connectivity index (χ3v) is 4.41. The van der Waals surface area contributed by atoms with Gasteiger partial charge >= 0.3 is 0 Å². The second-order valence-electron chi connectivity index (χ2n) is 5.67. The van der Waals surface area contributed by atoms with Gasteiger partial charge in [0.25, 0.3) is 0 Å². The Morgan fingerprint density at radius 3 is 3.05 bits per heavy atom. The fourth-order valence-corrected chi connectivity index (χ4v) is 3.48. The number of nitrogens with zero attached hydrogens (tertiary/aromatic N) is 5. The topological polar surface area (TPSA) is 87.0 Å². The van der Waals surface area contributed by atoms with Crippen LogP contribution in [0.4, 0.5) is 11.8 Å². The molecule has 4 heterocycles. The van der Waals surface area contributed by atoms with Gasteiger partial charge in [-0.2, -0.15) is 15.1 Å². The van der Waals surface area contributed by atoms with E-state index in [2.05, 4.69) is 30.0 Å². The van der Waals surface area contributed by atoms with Gasteiger partial charge in [-0.25, -0.2) is 0 Å². The molecule has 2 saturated heterocycles. The zero-order chi connectivity index (χ0) is 13.5. The van der Waals surface area contributed by atoms with Crippen LogP contribution in [0.25, 0.3) is 11.0 Å². The molecule has 0 radical (unpaired) electrons. The molecule has 1 unspecified atom stereocenters. The van der Waals surface area contributed by atoms with E-state index in [1.165, 1.54) is 32.4 Å². The summed E-state index contributed by atoms with van der Waals surface area (Å²) < 4.78 is 0. The Labute approximate surface area is 117 Å². The molecule has 0 aromatic carbocycles. The van der Waals surface area contributed by atoms with E-state index in [9.17, 15) is 0 Å². The maximum atomic E-state index is 5.83. The summed E-state index contributed by atoms with van der Waals surface area (Å²) in [5.74, 6) is 1.24. The lowest BCUT2D eigenvalue weighted by atomic mass is 10.2. The van der Waals surface area contributed by atoms with Crippen LogP contribution < -0.4 is 10.6 Å². The summed E-state index contributed by atoms with van der Waals surface area (Å²) >= 11 is 0. The van der Waals surface area contributed by atoms with Crippen LogP contribution in [0, 0.1) is 0 Å². The molecule has 7 nitrogen and oxygen atoms in total. The normalized spacial score (nSPS) is 24.0. The van der Waals surface area contributed by atoms with Crippen molar-refractivity contribution in [3.63, 3.8) is 0 Å². The lowest BCUT2D eigenvalue weighted by Crippen LogP contribution is -2.37. The summed E-state index contributed by atoms with van der Waals surface area (Å²) in [4.78, 5) is 13.6. The monoisotopic (exact) mass is 273 g/mol. The molecule has 2 aliphatic rings. The highest BCUT2D eigenvalue weighted by molar-refractivity contribution is 5.87. The average Bonchev–Trinajstić information content (AvgIpc) is 3.02. The molecule has 4 rings (SSSR count). The van der Waals surface area contributed by atoms with Gasteiger partial charge in [-0.15, -0.1) is 0 Å². The van der Waals surface area contributed by atoms with Crippen LogP contribution in [0.5, 0.6) is 0 Å². The molecule has 0 amide bonds. The average molecular weight is 273 g/mol. The first-order valence-corrected chi connectivity index (χ1v) is 7.27. The molecule has 2 aromatic rings. The first kappa shape index (κ1) is 11.9. The molecule has 3 N–H and O–H groups in total. The van der Waals surface area contributed by atoms with Crippen molar-refractivity contribution in [1.29, 1.82) is 0 Å². The first-order valence-electron chi connectivity index (χ1n) is 7.27. The molecule has 2 aromatic heterocycles. The third-order valence-electron chi connectivity index (χ3n) is 4.41. The Bertz CT molecular complexity index is 622. The van der Waals surface area contributed by atoms with E-state index < -0.39 is 0 Å². The summed E-state index contributed by atoms with van der Waals surface area (Å²) in [7, 11) is 0. The summed E-state index contributed by atoms with van der Waals surface area (Å²) in [6.07, 6.45) is 5.55. The number of anilines is 2. The van der Waals surface area contributed by atoms with Gasteiger partial charge in [0.05, 0.1) is 11.6 Å². The Morgan fingerprint density at radius 2 is 2.10 bits per heavy atom. The van der Waals surface area contributed by atoms with Gasteiger partial charge in [-0.1, -0.05) is 0 Å². The molecule has 106 valence electrons. The number of hydrogen-bond donors (Lipinski definition) is 2. The molecule has 20 heavy (non-hydrogen) atoms. The first-order chi connectivity index (χ1) is 9.81. The molecule has 0 saturated carbocycles. The minimum atomic E-state index is 0.310. The molecular weight excluding hydrogens is 254 g/mol. The number of nitrogens with one attached hydrogen (secondary N) is 1. The summed E-state index contributed by atoms with van der Waals surface area (Å²) in [6.45, 7) is 4.47. The van der Waals surface area contributed by atoms with Crippen molar-refractivity contribution in [1.82, 2.24) is 25.1 Å². The quantitative estimate of drug-likeness (QED) is 0.791. The molecule has 0 bridgehead atoms. The zero-order valence-corrected chi connectivity index (χ0v) is 11.4. The number of rotatable bonds is 1. The van der Waals surface area contributed by atoms with Gasteiger partial charge in [-0.05, 0) is 25.8 Å². The maximum absolute atomic E-state index is 5.83. The Balaban J connectivity index is 1.72. The predicted octanol–water partition coefficient (Wildman–Crippen LogP) is 0.610. The van der Waals surface area contributed by atoms with Gasteiger partial charge < -0.3 is 10.6 Å². The van der Waals surface area contributed by atoms with E-state index in [1.54, 1.807) is 6.20 Å². The number of nitrogens with two attached hydrogens (primary N) is 1. The van der Waals surface area contributed by atoms with Crippen LogP contribution in [-0.2, 0) is 0 Å². The Kier molecular flexibility index (Phi) is 2.73. The highest BCUT2D eigenvalue weighted by atomic mass is 15.3. The minimum absolute atomic E-state index is 0.310. The van der Waals surface area contributed by atoms with Crippen LogP contribution in [0.3, 0.4) is 0 Å². The fourth-order valence-electron chi connectivity index (χ4n) is 3.48. The van der Waals surface area contributed by atoms with E-state index in [4.69, 9.17) is 5.73 Å². The van der Waals surface area contributed by atoms with Crippen molar-refractivity contribution in [2.75, 3.05) is 36.8 Å². The van der Waals surface area contributed by atoms with E-state index in [0.717, 1.165) is 29.9 Å². The Hall–Kier alpha value is -1.89. The molecule has 0 aliphatic carbocycles. The number of aromatic amines is 1. The number of aromatic nitrogens is 4. The smallest absolute Gasteiger partial charge is 0.224 e. The number of hydrogen-bond acceptors (Lipinski definition) is 6. The second-order valence-corrected chi connectivity index (χ2v) is 5.67. The van der Waals surface area contributed by atoms with Crippen molar-refractivity contribution in [2.24, 2.45) is 0 Å². The highest BCUT2D eigenvalue weighted by Crippen LogP contribution is 2.28. The van der Waals surface area contributed by atoms with Gasteiger partial charge in [-0.3, -0.25) is 10.00 Å². The predicted molar refractivity (Wildman–Crippen MR) is 77.5 cm³/mol. The Morgan fingerprint density at radius 1 is 1.20 bits per heavy atom. The fraction of sp³-hybridized carbons (Fsp3) is 0.615. The van der Waals surface area contributed by atoms with Crippen LogP contribution in [-0.4, -0.2) is 57.3 Å². The lowest BCUT2D eigenvalue weighted by Gasteiger charge is -2.26. The standard InChI is InChI=1S/C13H19N7/c14-13-16-11-10(7-15-18-11)12(17-13)20-6-2-5-19-4-1-3-9(19)8-20/h7,9H,1-6,8H2,(H3,14,15,16,17,18). The van der Waals surface area contributed by atoms with Gasteiger partial charge in [0, 0.05) is 25.7 Å². The van der Waals surface area contributed by atoms with Crippen LogP contribution in [0.15, 0.2) is 6.20 Å². The number of H-pyrrole nitrogens is 1. The van der Waals surface area contributed by atoms with E-state index in [1.807, 2.05) is 0 Å². The van der Waals surface area contributed by atoms with Gasteiger partial charge in [0.1, 0.15) is 5.82 Å². The van der Waals surface area contributed by atoms with Crippen molar-refractivity contribution in [3.05, 3.63) is 6.20 Å². The van der Waals surface area contributed by atoms with E-state index >= 15 is 0 Å². The zero-order valence-electron chi connectivity index (χ0n) is 11.4. The van der Waals surface area contributed by atoms with Crippen molar-refractivity contribution < 1.29 is 0 Å². The van der Waals surface area contributed by atoms with Crippen molar-refractivity contribution in [3.8, 4) is 0 Å².